The van der Waals surface area contributed by atoms with Crippen LogP contribution in [-0.4, -0.2) is 43.7 Å². The molecule has 0 spiro atoms. The number of halogens is 1. The van der Waals surface area contributed by atoms with Gasteiger partial charge in [-0.2, -0.15) is 0 Å². The van der Waals surface area contributed by atoms with Crippen LogP contribution in [0.25, 0.3) is 0 Å². The van der Waals surface area contributed by atoms with Crippen LogP contribution in [0.4, 0.5) is 0 Å². The maximum Gasteiger partial charge on any atom is 0.252 e. The normalized spacial score (nSPS) is 10.1. The fourth-order valence-electron chi connectivity index (χ4n) is 1.85. The number of benzene rings is 1. The van der Waals surface area contributed by atoms with Gasteiger partial charge >= 0.3 is 0 Å². The van der Waals surface area contributed by atoms with Crippen molar-refractivity contribution in [2.75, 3.05) is 25.9 Å². The van der Waals surface area contributed by atoms with Crippen LogP contribution in [0.15, 0.2) is 29.2 Å². The molecule has 0 heterocycles. The van der Waals surface area contributed by atoms with Crippen LogP contribution < -0.4 is 16.0 Å². The minimum absolute atomic E-state index is 0. The molecule has 3 N–H and O–H groups in total. The SMILES string of the molecule is CNCCCNC(=O)c1ccccc1SCC(=O)NC(C)C.Cl. The molecule has 0 radical (unpaired) electrons. The average molecular weight is 360 g/mol. The smallest absolute Gasteiger partial charge is 0.252 e. The second kappa shape index (κ2) is 12.2. The molecule has 0 aliphatic carbocycles. The highest BCUT2D eigenvalue weighted by Gasteiger charge is 2.12. The van der Waals surface area contributed by atoms with Crippen molar-refractivity contribution in [1.29, 1.82) is 0 Å². The lowest BCUT2D eigenvalue weighted by Crippen LogP contribution is -2.31. The first-order valence-electron chi connectivity index (χ1n) is 7.48. The van der Waals surface area contributed by atoms with Crippen molar-refractivity contribution >= 4 is 36.0 Å². The van der Waals surface area contributed by atoms with Crippen LogP contribution in [0.5, 0.6) is 0 Å². The van der Waals surface area contributed by atoms with E-state index in [1.54, 1.807) is 6.07 Å². The Kier molecular flexibility index (Phi) is 11.6. The van der Waals surface area contributed by atoms with E-state index in [0.29, 0.717) is 17.9 Å². The molecule has 0 aromatic heterocycles. The number of nitrogens with one attached hydrogen (secondary N) is 3. The molecule has 0 saturated heterocycles. The highest BCUT2D eigenvalue weighted by molar-refractivity contribution is 8.00. The molecule has 5 nitrogen and oxygen atoms in total. The van der Waals surface area contributed by atoms with Gasteiger partial charge in [-0.15, -0.1) is 24.2 Å². The summed E-state index contributed by atoms with van der Waals surface area (Å²) in [4.78, 5) is 24.7. The molecule has 130 valence electrons. The highest BCUT2D eigenvalue weighted by atomic mass is 35.5. The number of hydrogen-bond acceptors (Lipinski definition) is 4. The second-order valence-corrected chi connectivity index (χ2v) is 6.24. The molecule has 23 heavy (non-hydrogen) atoms. The van der Waals surface area contributed by atoms with E-state index in [9.17, 15) is 9.59 Å². The maximum atomic E-state index is 12.2. The Balaban J connectivity index is 0.00000484. The summed E-state index contributed by atoms with van der Waals surface area (Å²) >= 11 is 1.38. The molecule has 1 aromatic carbocycles. The van der Waals surface area contributed by atoms with Gasteiger partial charge in [-0.1, -0.05) is 12.1 Å². The molecule has 0 aliphatic rings. The van der Waals surface area contributed by atoms with Gasteiger partial charge in [-0.05, 0) is 46.0 Å². The lowest BCUT2D eigenvalue weighted by molar-refractivity contribution is -0.119. The van der Waals surface area contributed by atoms with Gasteiger partial charge in [0.25, 0.3) is 5.91 Å². The molecule has 7 heteroatoms. The summed E-state index contributed by atoms with van der Waals surface area (Å²) in [6, 6.07) is 7.49. The third-order valence-corrected chi connectivity index (χ3v) is 3.90. The molecule has 1 rings (SSSR count). The largest absolute Gasteiger partial charge is 0.353 e. The Morgan fingerprint density at radius 3 is 2.52 bits per heavy atom. The third-order valence-electron chi connectivity index (χ3n) is 2.83. The summed E-state index contributed by atoms with van der Waals surface area (Å²) in [7, 11) is 1.88. The number of thioether (sulfide) groups is 1. The second-order valence-electron chi connectivity index (χ2n) is 5.22. The van der Waals surface area contributed by atoms with E-state index in [4.69, 9.17) is 0 Å². The van der Waals surface area contributed by atoms with Crippen LogP contribution in [0, 0.1) is 0 Å². The van der Waals surface area contributed by atoms with E-state index in [1.807, 2.05) is 39.1 Å². The highest BCUT2D eigenvalue weighted by Crippen LogP contribution is 2.22. The van der Waals surface area contributed by atoms with Crippen molar-refractivity contribution in [2.45, 2.75) is 31.2 Å². The van der Waals surface area contributed by atoms with Crippen LogP contribution in [0.1, 0.15) is 30.6 Å². The van der Waals surface area contributed by atoms with Crippen molar-refractivity contribution in [3.63, 3.8) is 0 Å². The molecule has 0 unspecified atom stereocenters. The average Bonchev–Trinajstić information content (AvgIpc) is 2.49. The van der Waals surface area contributed by atoms with Crippen molar-refractivity contribution in [3.05, 3.63) is 29.8 Å². The Hall–Kier alpha value is -1.24. The van der Waals surface area contributed by atoms with E-state index in [-0.39, 0.29) is 30.3 Å². The molecule has 0 saturated carbocycles. The van der Waals surface area contributed by atoms with Gasteiger partial charge in [0.2, 0.25) is 5.91 Å². The van der Waals surface area contributed by atoms with E-state index >= 15 is 0 Å². The molecule has 2 amide bonds. The first-order valence-corrected chi connectivity index (χ1v) is 8.47. The van der Waals surface area contributed by atoms with Crippen molar-refractivity contribution in [1.82, 2.24) is 16.0 Å². The van der Waals surface area contributed by atoms with Crippen molar-refractivity contribution in [3.8, 4) is 0 Å². The van der Waals surface area contributed by atoms with Crippen LogP contribution in [0.2, 0.25) is 0 Å². The Morgan fingerprint density at radius 2 is 1.87 bits per heavy atom. The lowest BCUT2D eigenvalue weighted by Gasteiger charge is -2.11. The predicted octanol–water partition coefficient (Wildman–Crippen LogP) is 2.06. The van der Waals surface area contributed by atoms with Crippen LogP contribution >= 0.6 is 24.2 Å². The number of hydrogen-bond donors (Lipinski definition) is 3. The minimum atomic E-state index is -0.0940. The summed E-state index contributed by atoms with van der Waals surface area (Å²) in [5, 5.41) is 8.78. The van der Waals surface area contributed by atoms with Gasteiger partial charge in [-0.3, -0.25) is 9.59 Å². The Labute approximate surface area is 148 Å². The summed E-state index contributed by atoms with van der Waals surface area (Å²) in [5.74, 6) is 0.190. The molecular weight excluding hydrogens is 334 g/mol. The molecular formula is C16H26ClN3O2S. The number of amides is 2. The molecule has 0 fully saturated rings. The molecule has 0 bridgehead atoms. The summed E-state index contributed by atoms with van der Waals surface area (Å²) in [5.41, 5.74) is 0.620. The van der Waals surface area contributed by atoms with Crippen molar-refractivity contribution < 1.29 is 9.59 Å². The molecule has 1 aromatic rings. The Bertz CT molecular complexity index is 498. The standard InChI is InChI=1S/C16H25N3O2S.ClH/c1-12(2)19-15(20)11-22-14-8-5-4-7-13(14)16(21)18-10-6-9-17-3;/h4-5,7-8,12,17H,6,9-11H2,1-3H3,(H,18,21)(H,19,20);1H. The van der Waals surface area contributed by atoms with E-state index < -0.39 is 0 Å². The Morgan fingerprint density at radius 1 is 1.17 bits per heavy atom. The summed E-state index contributed by atoms with van der Waals surface area (Å²) in [6.45, 7) is 5.35. The summed E-state index contributed by atoms with van der Waals surface area (Å²) < 4.78 is 0. The van der Waals surface area contributed by atoms with Gasteiger partial charge in [-0.25, -0.2) is 0 Å². The predicted molar refractivity (Wildman–Crippen MR) is 98.6 cm³/mol. The molecule has 0 aliphatic heterocycles. The van der Waals surface area contributed by atoms with E-state index in [2.05, 4.69) is 16.0 Å². The molecule has 0 atom stereocenters. The number of rotatable bonds is 9. The quantitative estimate of drug-likeness (QED) is 0.466. The monoisotopic (exact) mass is 359 g/mol. The van der Waals surface area contributed by atoms with E-state index in [0.717, 1.165) is 17.9 Å². The summed E-state index contributed by atoms with van der Waals surface area (Å²) in [6.07, 6.45) is 0.883. The fraction of sp³-hybridized carbons (Fsp3) is 0.500. The van der Waals surface area contributed by atoms with Gasteiger partial charge in [0, 0.05) is 17.5 Å². The van der Waals surface area contributed by atoms with Gasteiger partial charge in [0.1, 0.15) is 0 Å². The topological polar surface area (TPSA) is 70.2 Å². The number of carbonyl (C=O) groups is 2. The van der Waals surface area contributed by atoms with Gasteiger partial charge in [0.15, 0.2) is 0 Å². The first-order chi connectivity index (χ1) is 10.5. The van der Waals surface area contributed by atoms with Crippen molar-refractivity contribution in [2.24, 2.45) is 0 Å². The minimum Gasteiger partial charge on any atom is -0.353 e. The first kappa shape index (κ1) is 21.8. The lowest BCUT2D eigenvalue weighted by atomic mass is 10.2. The fourth-order valence-corrected chi connectivity index (χ4v) is 2.71. The van der Waals surface area contributed by atoms with Crippen LogP contribution in [0.3, 0.4) is 0 Å². The zero-order valence-electron chi connectivity index (χ0n) is 13.8. The zero-order chi connectivity index (χ0) is 16.4. The van der Waals surface area contributed by atoms with E-state index in [1.165, 1.54) is 11.8 Å². The third kappa shape index (κ3) is 8.83. The number of carbonyl (C=O) groups excluding carboxylic acids is 2. The van der Waals surface area contributed by atoms with Gasteiger partial charge in [0.05, 0.1) is 11.3 Å². The van der Waals surface area contributed by atoms with Gasteiger partial charge < -0.3 is 16.0 Å². The maximum absolute atomic E-state index is 12.2. The van der Waals surface area contributed by atoms with Crippen LogP contribution in [-0.2, 0) is 4.79 Å². The zero-order valence-corrected chi connectivity index (χ0v) is 15.5.